The number of aliphatic hydroxyl groups excluding tert-OH is 1. The number of methoxy groups -OCH3 is 2. The van der Waals surface area contributed by atoms with Gasteiger partial charge in [-0.05, 0) is 67.8 Å². The van der Waals surface area contributed by atoms with E-state index in [-0.39, 0.29) is 11.3 Å². The van der Waals surface area contributed by atoms with Crippen LogP contribution in [0.5, 0.6) is 17.2 Å². The number of rotatable bonds is 7. The van der Waals surface area contributed by atoms with E-state index >= 15 is 0 Å². The molecule has 1 amide bonds. The van der Waals surface area contributed by atoms with E-state index in [0.717, 1.165) is 11.1 Å². The molecule has 7 heteroatoms. The first-order valence-electron chi connectivity index (χ1n) is 11.6. The molecule has 0 bridgehead atoms. The molecule has 36 heavy (non-hydrogen) atoms. The van der Waals surface area contributed by atoms with Crippen LogP contribution in [0.15, 0.2) is 66.2 Å². The van der Waals surface area contributed by atoms with Crippen LogP contribution in [0, 0.1) is 13.8 Å². The largest absolute Gasteiger partial charge is 0.507 e. The molecule has 1 fully saturated rings. The number of hydrogen-bond acceptors (Lipinski definition) is 6. The molecule has 0 aliphatic carbocycles. The van der Waals surface area contributed by atoms with Crippen LogP contribution in [0.2, 0.25) is 0 Å². The lowest BCUT2D eigenvalue weighted by Gasteiger charge is -2.27. The maximum atomic E-state index is 13.5. The number of ketones is 1. The summed E-state index contributed by atoms with van der Waals surface area (Å²) in [4.78, 5) is 28.5. The summed E-state index contributed by atoms with van der Waals surface area (Å²) in [6.45, 7) is 6.06. The van der Waals surface area contributed by atoms with Gasteiger partial charge in [-0.3, -0.25) is 14.5 Å². The first-order chi connectivity index (χ1) is 17.3. The van der Waals surface area contributed by atoms with Crippen molar-refractivity contribution in [2.24, 2.45) is 0 Å². The molecule has 1 atom stereocenters. The van der Waals surface area contributed by atoms with Gasteiger partial charge in [0.1, 0.15) is 11.5 Å². The number of amides is 1. The van der Waals surface area contributed by atoms with Gasteiger partial charge in [0.2, 0.25) is 0 Å². The van der Waals surface area contributed by atoms with Crippen LogP contribution in [0.4, 0.5) is 5.69 Å². The van der Waals surface area contributed by atoms with E-state index < -0.39 is 17.7 Å². The van der Waals surface area contributed by atoms with Crippen LogP contribution in [-0.2, 0) is 9.59 Å². The molecule has 3 aromatic carbocycles. The fourth-order valence-electron chi connectivity index (χ4n) is 4.49. The Morgan fingerprint density at radius 3 is 2.33 bits per heavy atom. The number of para-hydroxylation sites is 1. The maximum absolute atomic E-state index is 13.5. The van der Waals surface area contributed by atoms with Gasteiger partial charge in [-0.2, -0.15) is 0 Å². The molecule has 1 heterocycles. The number of hydrogen-bond donors (Lipinski definition) is 1. The second-order valence-corrected chi connectivity index (χ2v) is 8.50. The summed E-state index contributed by atoms with van der Waals surface area (Å²) in [5, 5.41) is 11.5. The van der Waals surface area contributed by atoms with Gasteiger partial charge in [-0.1, -0.05) is 30.3 Å². The first-order valence-corrected chi connectivity index (χ1v) is 11.6. The highest BCUT2D eigenvalue weighted by atomic mass is 16.5. The predicted molar refractivity (Wildman–Crippen MR) is 138 cm³/mol. The molecule has 0 radical (unpaired) electrons. The van der Waals surface area contributed by atoms with E-state index in [2.05, 4.69) is 0 Å². The van der Waals surface area contributed by atoms with Crippen molar-refractivity contribution < 1.29 is 28.9 Å². The van der Waals surface area contributed by atoms with Crippen LogP contribution in [-0.4, -0.2) is 37.6 Å². The van der Waals surface area contributed by atoms with E-state index in [9.17, 15) is 14.7 Å². The van der Waals surface area contributed by atoms with Crippen LogP contribution < -0.4 is 19.1 Å². The molecule has 0 saturated carbocycles. The van der Waals surface area contributed by atoms with Gasteiger partial charge in [-0.15, -0.1) is 0 Å². The van der Waals surface area contributed by atoms with E-state index in [0.29, 0.717) is 40.7 Å². The fourth-order valence-corrected chi connectivity index (χ4v) is 4.49. The van der Waals surface area contributed by atoms with E-state index in [1.807, 2.05) is 39.0 Å². The molecule has 1 aliphatic heterocycles. The molecule has 0 spiro atoms. The van der Waals surface area contributed by atoms with Gasteiger partial charge in [0.25, 0.3) is 11.7 Å². The topological polar surface area (TPSA) is 85.3 Å². The molecule has 186 valence electrons. The van der Waals surface area contributed by atoms with Crippen molar-refractivity contribution in [3.63, 3.8) is 0 Å². The molecular formula is C29H29NO6. The average molecular weight is 488 g/mol. The zero-order valence-corrected chi connectivity index (χ0v) is 21.0. The lowest BCUT2D eigenvalue weighted by atomic mass is 9.94. The van der Waals surface area contributed by atoms with Crippen LogP contribution in [0.3, 0.4) is 0 Å². The van der Waals surface area contributed by atoms with Crippen molar-refractivity contribution >= 4 is 23.1 Å². The van der Waals surface area contributed by atoms with Crippen molar-refractivity contribution in [2.75, 3.05) is 25.7 Å². The minimum absolute atomic E-state index is 0.0296. The predicted octanol–water partition coefficient (Wildman–Crippen LogP) is 5.35. The number of Topliss-reactive ketones (excluding diaryl/α,β-unsaturated/α-hetero) is 1. The van der Waals surface area contributed by atoms with Gasteiger partial charge < -0.3 is 19.3 Å². The highest BCUT2D eigenvalue weighted by molar-refractivity contribution is 6.51. The summed E-state index contributed by atoms with van der Waals surface area (Å²) in [5.41, 5.74) is 3.24. The average Bonchev–Trinajstić information content (AvgIpc) is 3.15. The van der Waals surface area contributed by atoms with Crippen LogP contribution in [0.25, 0.3) is 5.76 Å². The quantitative estimate of drug-likeness (QED) is 0.275. The lowest BCUT2D eigenvalue weighted by Crippen LogP contribution is -2.30. The number of carbonyl (C=O) groups excluding carboxylic acids is 2. The maximum Gasteiger partial charge on any atom is 0.300 e. The fraction of sp³-hybridized carbons (Fsp3) is 0.241. The van der Waals surface area contributed by atoms with Gasteiger partial charge >= 0.3 is 0 Å². The van der Waals surface area contributed by atoms with E-state index in [1.54, 1.807) is 49.6 Å². The van der Waals surface area contributed by atoms with Gasteiger partial charge in [0.15, 0.2) is 11.5 Å². The van der Waals surface area contributed by atoms with Crippen molar-refractivity contribution in [2.45, 2.75) is 26.8 Å². The Morgan fingerprint density at radius 2 is 1.64 bits per heavy atom. The minimum atomic E-state index is -0.902. The standard InChI is InChI=1S/C29H29NO6/c1-6-36-24-16-19(13-14-23(24)35-5)26-25(27(31)20-9-7-8-10-22(20)34-4)28(32)29(33)30(26)21-15-17(2)11-12-18(21)3/h7-16,26,31H,6H2,1-5H3/b27-25-. The minimum Gasteiger partial charge on any atom is -0.507 e. The number of ether oxygens (including phenoxy) is 3. The third-order valence-electron chi connectivity index (χ3n) is 6.23. The second-order valence-electron chi connectivity index (χ2n) is 8.50. The Hall–Kier alpha value is -4.26. The summed E-state index contributed by atoms with van der Waals surface area (Å²) in [6, 6.07) is 16.9. The van der Waals surface area contributed by atoms with Crippen molar-refractivity contribution in [1.29, 1.82) is 0 Å². The number of aliphatic hydroxyl groups is 1. The number of benzene rings is 3. The monoisotopic (exact) mass is 487 g/mol. The number of carbonyl (C=O) groups is 2. The van der Waals surface area contributed by atoms with Gasteiger partial charge in [-0.25, -0.2) is 0 Å². The SMILES string of the molecule is CCOc1cc(C2/C(=C(/O)c3ccccc3OC)C(=O)C(=O)N2c2cc(C)ccc2C)ccc1OC. The molecule has 1 aliphatic rings. The zero-order valence-electron chi connectivity index (χ0n) is 21.0. The molecule has 1 saturated heterocycles. The number of anilines is 1. The first kappa shape index (κ1) is 24.9. The molecule has 0 aromatic heterocycles. The highest BCUT2D eigenvalue weighted by Crippen LogP contribution is 2.45. The van der Waals surface area contributed by atoms with Crippen LogP contribution in [0.1, 0.15) is 35.2 Å². The third-order valence-corrected chi connectivity index (χ3v) is 6.23. The van der Waals surface area contributed by atoms with Crippen molar-refractivity contribution in [1.82, 2.24) is 0 Å². The normalized spacial score (nSPS) is 16.8. The van der Waals surface area contributed by atoms with Gasteiger partial charge in [0.05, 0.1) is 38.0 Å². The molecule has 3 aromatic rings. The Balaban J connectivity index is 2.02. The number of aryl methyl sites for hydroxylation is 2. The highest BCUT2D eigenvalue weighted by Gasteiger charge is 2.47. The lowest BCUT2D eigenvalue weighted by molar-refractivity contribution is -0.132. The zero-order chi connectivity index (χ0) is 26.0. The van der Waals surface area contributed by atoms with E-state index in [1.165, 1.54) is 12.0 Å². The van der Waals surface area contributed by atoms with Crippen LogP contribution >= 0.6 is 0 Å². The smallest absolute Gasteiger partial charge is 0.300 e. The summed E-state index contributed by atoms with van der Waals surface area (Å²) in [6.07, 6.45) is 0. The number of nitrogens with zero attached hydrogens (tertiary/aromatic N) is 1. The van der Waals surface area contributed by atoms with Crippen molar-refractivity contribution in [3.05, 3.63) is 88.5 Å². The van der Waals surface area contributed by atoms with E-state index in [4.69, 9.17) is 14.2 Å². The summed E-state index contributed by atoms with van der Waals surface area (Å²) in [7, 11) is 3.03. The summed E-state index contributed by atoms with van der Waals surface area (Å²) >= 11 is 0. The molecule has 4 rings (SSSR count). The Bertz CT molecular complexity index is 1360. The van der Waals surface area contributed by atoms with Gasteiger partial charge in [0, 0.05) is 5.69 Å². The van der Waals surface area contributed by atoms with Crippen molar-refractivity contribution in [3.8, 4) is 17.2 Å². The third kappa shape index (κ3) is 4.28. The Morgan fingerprint density at radius 1 is 0.917 bits per heavy atom. The summed E-state index contributed by atoms with van der Waals surface area (Å²) < 4.78 is 16.6. The molecule has 7 nitrogen and oxygen atoms in total. The Kier molecular flexibility index (Phi) is 7.01. The molecule has 1 unspecified atom stereocenters. The molecule has 1 N–H and O–H groups in total. The second kappa shape index (κ2) is 10.2. The Labute approximate surface area is 210 Å². The summed E-state index contributed by atoms with van der Waals surface area (Å²) in [5.74, 6) is -0.429. The molecular weight excluding hydrogens is 458 g/mol.